The molecule has 4 aliphatic carbocycles. The number of ether oxygens (including phenoxy) is 1. The molecule has 0 aromatic carbocycles. The van der Waals surface area contributed by atoms with Gasteiger partial charge in [-0.1, -0.05) is 13.8 Å². The maximum Gasteiger partial charge on any atom is 0.249 e. The van der Waals surface area contributed by atoms with Crippen molar-refractivity contribution in [1.82, 2.24) is 5.06 Å². The normalized spacial score (nSPS) is 50.4. The van der Waals surface area contributed by atoms with Crippen molar-refractivity contribution in [2.24, 2.45) is 39.9 Å². The first-order valence-electron chi connectivity index (χ1n) is 12.1. The molecule has 4 aliphatic rings. The van der Waals surface area contributed by atoms with Crippen molar-refractivity contribution in [3.8, 4) is 0 Å². The number of hydroxylamine groups is 2. The lowest BCUT2D eigenvalue weighted by Crippen LogP contribution is -2.61. The summed E-state index contributed by atoms with van der Waals surface area (Å²) >= 11 is 0. The minimum atomic E-state index is -0.530. The Labute approximate surface area is 182 Å². The predicted octanol–water partition coefficient (Wildman–Crippen LogP) is 4.43. The van der Waals surface area contributed by atoms with Crippen LogP contribution in [-0.4, -0.2) is 49.6 Å². The molecule has 4 fully saturated rings. The van der Waals surface area contributed by atoms with Crippen molar-refractivity contribution in [2.45, 2.75) is 84.2 Å². The zero-order chi connectivity index (χ0) is 21.9. The van der Waals surface area contributed by atoms with Gasteiger partial charge in [0.05, 0.1) is 19.3 Å². The summed E-state index contributed by atoms with van der Waals surface area (Å²) in [5, 5.41) is 12.3. The van der Waals surface area contributed by atoms with E-state index in [0.29, 0.717) is 17.8 Å². The number of methoxy groups -OCH3 is 1. The van der Waals surface area contributed by atoms with Crippen molar-refractivity contribution >= 4 is 5.91 Å². The van der Waals surface area contributed by atoms with Gasteiger partial charge in [-0.3, -0.25) is 9.63 Å². The largest absolute Gasteiger partial charge is 0.390 e. The van der Waals surface area contributed by atoms with Crippen LogP contribution >= 0.6 is 0 Å². The summed E-state index contributed by atoms with van der Waals surface area (Å²) < 4.78 is 5.87. The second-order valence-corrected chi connectivity index (χ2v) is 11.8. The third kappa shape index (κ3) is 3.02. The predicted molar refractivity (Wildman–Crippen MR) is 116 cm³/mol. The minimum absolute atomic E-state index is 0.0271. The molecule has 4 saturated carbocycles. The summed E-state index contributed by atoms with van der Waals surface area (Å²) in [4.78, 5) is 18.4. The fourth-order valence-electron chi connectivity index (χ4n) is 8.90. The van der Waals surface area contributed by atoms with Crippen LogP contribution in [0.3, 0.4) is 0 Å². The minimum Gasteiger partial charge on any atom is -0.390 e. The molecule has 0 aromatic rings. The molecule has 1 amide bonds. The van der Waals surface area contributed by atoms with Gasteiger partial charge in [0, 0.05) is 20.1 Å². The molecule has 0 spiro atoms. The highest BCUT2D eigenvalue weighted by atomic mass is 16.7. The van der Waals surface area contributed by atoms with Gasteiger partial charge in [0.1, 0.15) is 0 Å². The van der Waals surface area contributed by atoms with E-state index in [1.54, 1.807) is 14.2 Å². The summed E-state index contributed by atoms with van der Waals surface area (Å²) in [6, 6.07) is 0. The molecule has 0 bridgehead atoms. The van der Waals surface area contributed by atoms with Crippen LogP contribution in [0.15, 0.2) is 0 Å². The Bertz CT molecular complexity index is 680. The molecule has 8 atom stereocenters. The number of nitrogens with zero attached hydrogens (tertiary/aromatic N) is 1. The monoisotopic (exact) mass is 421 g/mol. The third-order valence-corrected chi connectivity index (χ3v) is 10.8. The number of hydrogen-bond acceptors (Lipinski definition) is 4. The quantitative estimate of drug-likeness (QED) is 0.682. The Hall–Kier alpha value is -0.650. The van der Waals surface area contributed by atoms with Gasteiger partial charge in [-0.2, -0.15) is 0 Å². The first-order valence-corrected chi connectivity index (χ1v) is 12.1. The number of amides is 1. The summed E-state index contributed by atoms with van der Waals surface area (Å²) in [6.07, 6.45) is 9.65. The number of rotatable bonds is 4. The lowest BCUT2D eigenvalue weighted by molar-refractivity contribution is -0.204. The van der Waals surface area contributed by atoms with Crippen LogP contribution < -0.4 is 0 Å². The van der Waals surface area contributed by atoms with E-state index in [2.05, 4.69) is 13.8 Å². The highest BCUT2D eigenvalue weighted by Gasteiger charge is 2.68. The van der Waals surface area contributed by atoms with Crippen LogP contribution in [0.2, 0.25) is 0 Å². The maximum absolute atomic E-state index is 13.2. The Balaban J connectivity index is 1.67. The standard InChI is InChI=1S/C25H43NO4/c1-22(28)13-14-25(16-29-5)17(15-22)7-8-18-19(25)9-11-24(3)20(10-12-23(18,24)2)21(27)26(4)30-6/h17-20,28H,7-16H2,1-6H3/t17-,18+,19-,20+,22+,23-,24+,25+/m0/s1. The Kier molecular flexibility index (Phi) is 5.60. The molecule has 0 unspecified atom stereocenters. The lowest BCUT2D eigenvalue weighted by Gasteiger charge is -2.65. The summed E-state index contributed by atoms with van der Waals surface area (Å²) in [6.45, 7) is 7.72. The van der Waals surface area contributed by atoms with Crippen LogP contribution in [0.25, 0.3) is 0 Å². The maximum atomic E-state index is 13.2. The zero-order valence-corrected chi connectivity index (χ0v) is 20.0. The molecule has 1 N–H and O–H groups in total. The van der Waals surface area contributed by atoms with Crippen molar-refractivity contribution in [3.05, 3.63) is 0 Å². The number of carbonyl (C=O) groups is 1. The molecule has 172 valence electrons. The summed E-state index contributed by atoms with van der Waals surface area (Å²) in [5.74, 6) is 2.03. The average Bonchev–Trinajstić information content (AvgIpc) is 2.98. The van der Waals surface area contributed by atoms with Gasteiger partial charge in [-0.15, -0.1) is 0 Å². The molecule has 5 heteroatoms. The Morgan fingerprint density at radius 3 is 2.33 bits per heavy atom. The number of hydrogen-bond donors (Lipinski definition) is 1. The van der Waals surface area contributed by atoms with Crippen LogP contribution in [-0.2, 0) is 14.4 Å². The van der Waals surface area contributed by atoms with Gasteiger partial charge >= 0.3 is 0 Å². The van der Waals surface area contributed by atoms with Crippen molar-refractivity contribution < 1.29 is 19.5 Å². The van der Waals surface area contributed by atoms with E-state index in [-0.39, 0.29) is 28.1 Å². The summed E-state index contributed by atoms with van der Waals surface area (Å²) in [7, 11) is 5.18. The Morgan fingerprint density at radius 2 is 1.67 bits per heavy atom. The molecule has 5 nitrogen and oxygen atoms in total. The van der Waals surface area contributed by atoms with Crippen LogP contribution in [0.4, 0.5) is 0 Å². The van der Waals surface area contributed by atoms with Gasteiger partial charge in [-0.05, 0) is 98.7 Å². The van der Waals surface area contributed by atoms with E-state index in [0.717, 1.165) is 45.1 Å². The van der Waals surface area contributed by atoms with Gasteiger partial charge in [0.15, 0.2) is 0 Å². The molecular weight excluding hydrogens is 378 g/mol. The second-order valence-electron chi connectivity index (χ2n) is 11.8. The molecule has 0 heterocycles. The second kappa shape index (κ2) is 7.45. The van der Waals surface area contributed by atoms with Crippen LogP contribution in [0.1, 0.15) is 78.6 Å². The van der Waals surface area contributed by atoms with Crippen molar-refractivity contribution in [3.63, 3.8) is 0 Å². The number of carbonyl (C=O) groups excluding carboxylic acids is 1. The van der Waals surface area contributed by atoms with Crippen LogP contribution in [0.5, 0.6) is 0 Å². The molecular formula is C25H43NO4. The van der Waals surface area contributed by atoms with E-state index < -0.39 is 5.60 Å². The molecule has 0 aliphatic heterocycles. The first-order chi connectivity index (χ1) is 14.0. The van der Waals surface area contributed by atoms with Gasteiger partial charge in [-0.25, -0.2) is 5.06 Å². The van der Waals surface area contributed by atoms with E-state index in [9.17, 15) is 9.90 Å². The lowest BCUT2D eigenvalue weighted by atomic mass is 9.40. The van der Waals surface area contributed by atoms with Gasteiger partial charge in [0.2, 0.25) is 5.91 Å². The fraction of sp³-hybridized carbons (Fsp3) is 0.960. The SMILES string of the molecule is COC[C@]12CC[C@@](C)(O)C[C@@H]1CC[C@@H]1[C@@H]2CC[C@]2(C)[C@@H](C(=O)N(C)OC)CC[C@@]12C. The molecule has 0 saturated heterocycles. The Morgan fingerprint density at radius 1 is 0.967 bits per heavy atom. The first kappa shape index (κ1) is 22.5. The highest BCUT2D eigenvalue weighted by Crippen LogP contribution is 2.73. The van der Waals surface area contributed by atoms with E-state index in [1.807, 2.05) is 14.0 Å². The number of fused-ring (bicyclic) bond motifs is 5. The van der Waals surface area contributed by atoms with Gasteiger partial charge in [0.25, 0.3) is 0 Å². The van der Waals surface area contributed by atoms with E-state index >= 15 is 0 Å². The fourth-order valence-corrected chi connectivity index (χ4v) is 8.90. The average molecular weight is 422 g/mol. The van der Waals surface area contributed by atoms with E-state index in [4.69, 9.17) is 9.57 Å². The van der Waals surface area contributed by atoms with Gasteiger partial charge < -0.3 is 9.84 Å². The highest BCUT2D eigenvalue weighted by molar-refractivity contribution is 5.79. The molecule has 0 radical (unpaired) electrons. The van der Waals surface area contributed by atoms with Crippen molar-refractivity contribution in [1.29, 1.82) is 0 Å². The molecule has 4 rings (SSSR count). The van der Waals surface area contributed by atoms with E-state index in [1.165, 1.54) is 24.3 Å². The topological polar surface area (TPSA) is 59.0 Å². The third-order valence-electron chi connectivity index (χ3n) is 10.8. The smallest absolute Gasteiger partial charge is 0.249 e. The molecule has 0 aromatic heterocycles. The number of aliphatic hydroxyl groups is 1. The van der Waals surface area contributed by atoms with Crippen LogP contribution in [0, 0.1) is 39.9 Å². The summed E-state index contributed by atoms with van der Waals surface area (Å²) in [5.41, 5.74) is -0.136. The molecule has 30 heavy (non-hydrogen) atoms. The van der Waals surface area contributed by atoms with Crippen molar-refractivity contribution in [2.75, 3.05) is 27.9 Å². The zero-order valence-electron chi connectivity index (χ0n) is 20.0.